The third-order valence-electron chi connectivity index (χ3n) is 2.07. The van der Waals surface area contributed by atoms with Crippen molar-refractivity contribution in [1.82, 2.24) is 9.88 Å². The van der Waals surface area contributed by atoms with Crippen LogP contribution in [-0.2, 0) is 16.0 Å². The molecule has 0 aliphatic carbocycles. The molecule has 0 atom stereocenters. The van der Waals surface area contributed by atoms with Crippen LogP contribution in [0, 0.1) is 0 Å². The van der Waals surface area contributed by atoms with Gasteiger partial charge >= 0.3 is 12.2 Å². The Morgan fingerprint density at radius 2 is 1.59 bits per heavy atom. The predicted octanol–water partition coefficient (Wildman–Crippen LogP) is 4.00. The number of oxazole rings is 1. The normalized spacial score (nSPS) is 12.0. The molecule has 1 aromatic rings. The molecule has 22 heavy (non-hydrogen) atoms. The van der Waals surface area contributed by atoms with E-state index in [0.717, 1.165) is 4.90 Å². The van der Waals surface area contributed by atoms with Gasteiger partial charge in [-0.1, -0.05) is 0 Å². The smallest absolute Gasteiger partial charge is 0.420 e. The van der Waals surface area contributed by atoms with E-state index in [-0.39, 0.29) is 11.9 Å². The van der Waals surface area contributed by atoms with Gasteiger partial charge in [-0.25, -0.2) is 19.5 Å². The first kappa shape index (κ1) is 18.3. The molecule has 0 bridgehead atoms. The summed E-state index contributed by atoms with van der Waals surface area (Å²) in [6.07, 6.45) is -0.411. The summed E-state index contributed by atoms with van der Waals surface area (Å²) in [5.74, 6) is 0. The fourth-order valence-corrected chi connectivity index (χ4v) is 1.51. The Bertz CT molecular complexity index is 514. The van der Waals surface area contributed by atoms with E-state index in [9.17, 15) is 9.59 Å². The Hall–Kier alpha value is -1.76. The number of carbonyl (C=O) groups excluding carboxylic acids is 2. The molecule has 0 unspecified atom stereocenters. The molecule has 0 aliphatic rings. The number of halogens is 1. The maximum absolute atomic E-state index is 12.2. The number of ether oxygens (including phenoxy) is 2. The molecule has 1 heterocycles. The van der Waals surface area contributed by atoms with Crippen molar-refractivity contribution in [2.45, 2.75) is 59.3 Å². The summed E-state index contributed by atoms with van der Waals surface area (Å²) < 4.78 is 15.3. The molecule has 0 aromatic carbocycles. The molecule has 7 nitrogen and oxygen atoms in total. The number of carbonyl (C=O) groups is 2. The summed E-state index contributed by atoms with van der Waals surface area (Å²) in [5.41, 5.74) is -1.20. The van der Waals surface area contributed by atoms with Crippen LogP contribution in [-0.4, -0.2) is 33.3 Å². The number of rotatable bonds is 2. The summed E-state index contributed by atoms with van der Waals surface area (Å²) >= 11 is 5.59. The SMILES string of the molecule is CC(C)(C)OC(=O)N(Cc1coc(Cl)n1)C(=O)OC(C)(C)C. The zero-order valence-corrected chi connectivity index (χ0v) is 14.4. The van der Waals surface area contributed by atoms with E-state index in [2.05, 4.69) is 4.98 Å². The molecule has 2 amide bonds. The van der Waals surface area contributed by atoms with Gasteiger partial charge in [-0.15, -0.1) is 0 Å². The van der Waals surface area contributed by atoms with E-state index in [1.807, 2.05) is 0 Å². The zero-order valence-electron chi connectivity index (χ0n) is 13.6. The summed E-state index contributed by atoms with van der Waals surface area (Å²) in [5, 5.41) is -0.0803. The van der Waals surface area contributed by atoms with E-state index in [4.69, 9.17) is 25.5 Å². The number of imide groups is 1. The predicted molar refractivity (Wildman–Crippen MR) is 79.5 cm³/mol. The number of hydrogen-bond acceptors (Lipinski definition) is 6. The molecule has 0 saturated heterocycles. The molecule has 0 N–H and O–H groups in total. The largest absolute Gasteiger partial charge is 0.443 e. The Kier molecular flexibility index (Phi) is 5.45. The monoisotopic (exact) mass is 332 g/mol. The molecule has 0 saturated carbocycles. The van der Waals surface area contributed by atoms with Crippen molar-refractivity contribution in [1.29, 1.82) is 0 Å². The molecule has 124 valence electrons. The van der Waals surface area contributed by atoms with Crippen LogP contribution in [0.3, 0.4) is 0 Å². The Morgan fingerprint density at radius 3 is 1.91 bits per heavy atom. The van der Waals surface area contributed by atoms with Gasteiger partial charge in [0.05, 0.1) is 6.54 Å². The van der Waals surface area contributed by atoms with Gasteiger partial charge in [0.1, 0.15) is 23.2 Å². The average Bonchev–Trinajstić information content (AvgIpc) is 2.66. The summed E-state index contributed by atoms with van der Waals surface area (Å²) in [4.78, 5) is 29.1. The third-order valence-corrected chi connectivity index (χ3v) is 2.25. The second kappa shape index (κ2) is 6.56. The quantitative estimate of drug-likeness (QED) is 0.814. The Labute approximate surface area is 134 Å². The van der Waals surface area contributed by atoms with Crippen LogP contribution in [0.15, 0.2) is 10.7 Å². The van der Waals surface area contributed by atoms with E-state index in [0.29, 0.717) is 5.69 Å². The second-order valence-corrected chi connectivity index (χ2v) is 6.96. The van der Waals surface area contributed by atoms with Gasteiger partial charge in [0, 0.05) is 0 Å². The topological polar surface area (TPSA) is 81.9 Å². The highest BCUT2D eigenvalue weighted by molar-refractivity contribution is 6.27. The van der Waals surface area contributed by atoms with Crippen molar-refractivity contribution < 1.29 is 23.5 Å². The lowest BCUT2D eigenvalue weighted by Gasteiger charge is -2.28. The van der Waals surface area contributed by atoms with Gasteiger partial charge < -0.3 is 13.9 Å². The van der Waals surface area contributed by atoms with Gasteiger partial charge in [0.25, 0.3) is 5.35 Å². The van der Waals surface area contributed by atoms with Crippen LogP contribution >= 0.6 is 11.6 Å². The molecule has 0 aliphatic heterocycles. The lowest BCUT2D eigenvalue weighted by molar-refractivity contribution is -0.000469. The van der Waals surface area contributed by atoms with Gasteiger partial charge in [0.2, 0.25) is 0 Å². The van der Waals surface area contributed by atoms with E-state index in [1.165, 1.54) is 6.26 Å². The highest BCUT2D eigenvalue weighted by Gasteiger charge is 2.31. The van der Waals surface area contributed by atoms with Crippen LogP contribution in [0.25, 0.3) is 0 Å². The van der Waals surface area contributed by atoms with Crippen LogP contribution in [0.2, 0.25) is 5.35 Å². The highest BCUT2D eigenvalue weighted by Crippen LogP contribution is 2.17. The number of nitrogens with zero attached hydrogens (tertiary/aromatic N) is 2. The van der Waals surface area contributed by atoms with E-state index < -0.39 is 23.4 Å². The first-order valence-corrected chi connectivity index (χ1v) is 7.08. The summed E-state index contributed by atoms with van der Waals surface area (Å²) in [7, 11) is 0. The molecule has 0 radical (unpaired) electrons. The lowest BCUT2D eigenvalue weighted by atomic mass is 10.2. The first-order chi connectivity index (χ1) is 9.87. The highest BCUT2D eigenvalue weighted by atomic mass is 35.5. The minimum atomic E-state index is -0.833. The van der Waals surface area contributed by atoms with Crippen LogP contribution in [0.4, 0.5) is 9.59 Å². The van der Waals surface area contributed by atoms with Gasteiger partial charge in [-0.2, -0.15) is 0 Å². The van der Waals surface area contributed by atoms with Crippen molar-refractivity contribution in [2.24, 2.45) is 0 Å². The van der Waals surface area contributed by atoms with Crippen LogP contribution in [0.1, 0.15) is 47.2 Å². The Morgan fingerprint density at radius 1 is 1.14 bits per heavy atom. The minimum absolute atomic E-state index is 0.0803. The third kappa shape index (κ3) is 6.34. The minimum Gasteiger partial charge on any atom is -0.443 e. The van der Waals surface area contributed by atoms with Crippen molar-refractivity contribution in [3.8, 4) is 0 Å². The van der Waals surface area contributed by atoms with Crippen molar-refractivity contribution in [3.05, 3.63) is 17.3 Å². The van der Waals surface area contributed by atoms with E-state index in [1.54, 1.807) is 41.5 Å². The van der Waals surface area contributed by atoms with E-state index >= 15 is 0 Å². The molecular weight excluding hydrogens is 312 g/mol. The number of aromatic nitrogens is 1. The van der Waals surface area contributed by atoms with Gasteiger partial charge in [-0.05, 0) is 53.1 Å². The second-order valence-electron chi connectivity index (χ2n) is 6.64. The summed E-state index contributed by atoms with van der Waals surface area (Å²) in [6, 6.07) is 0. The standard InChI is InChI=1S/C14H21ClN2O5/c1-13(2,3)21-11(18)17(12(19)22-14(4,5)6)7-9-8-20-10(15)16-9/h8H,7H2,1-6H3. The Balaban J connectivity index is 2.93. The van der Waals surface area contributed by atoms with Crippen LogP contribution in [0.5, 0.6) is 0 Å². The lowest BCUT2D eigenvalue weighted by Crippen LogP contribution is -2.43. The average molecular weight is 333 g/mol. The molecule has 0 spiro atoms. The number of hydrogen-bond donors (Lipinski definition) is 0. The van der Waals surface area contributed by atoms with Crippen molar-refractivity contribution in [3.63, 3.8) is 0 Å². The fourth-order valence-electron chi connectivity index (χ4n) is 1.35. The molecule has 1 rings (SSSR count). The maximum atomic E-state index is 12.2. The zero-order chi connectivity index (χ0) is 17.1. The number of amides is 2. The van der Waals surface area contributed by atoms with Crippen LogP contribution < -0.4 is 0 Å². The first-order valence-electron chi connectivity index (χ1n) is 6.71. The molecule has 0 fully saturated rings. The molecular formula is C14H21ClN2O5. The van der Waals surface area contributed by atoms with Crippen molar-refractivity contribution in [2.75, 3.05) is 0 Å². The summed E-state index contributed by atoms with van der Waals surface area (Å²) in [6.45, 7) is 10.0. The fraction of sp³-hybridized carbons (Fsp3) is 0.643. The molecule has 8 heteroatoms. The van der Waals surface area contributed by atoms with Gasteiger partial charge in [0.15, 0.2) is 0 Å². The van der Waals surface area contributed by atoms with Crippen molar-refractivity contribution >= 4 is 23.8 Å². The maximum Gasteiger partial charge on any atom is 0.420 e. The van der Waals surface area contributed by atoms with Gasteiger partial charge in [-0.3, -0.25) is 0 Å². The molecule has 1 aromatic heterocycles.